The predicted octanol–water partition coefficient (Wildman–Crippen LogP) is 1.48. The maximum absolute atomic E-state index is 12.0. The van der Waals surface area contributed by atoms with Crippen LogP contribution >= 0.6 is 0 Å². The van der Waals surface area contributed by atoms with E-state index >= 15 is 0 Å². The van der Waals surface area contributed by atoms with E-state index < -0.39 is 0 Å². The molecule has 0 bridgehead atoms. The van der Waals surface area contributed by atoms with Crippen LogP contribution in [-0.4, -0.2) is 24.6 Å². The molecule has 2 amide bonds. The summed E-state index contributed by atoms with van der Waals surface area (Å²) >= 11 is 0. The number of amides is 2. The summed E-state index contributed by atoms with van der Waals surface area (Å²) in [7, 11) is 1.68. The second kappa shape index (κ2) is 6.84. The monoisotopic (exact) mass is 275 g/mol. The first kappa shape index (κ1) is 15.9. The van der Waals surface area contributed by atoms with Crippen LogP contribution in [0.2, 0.25) is 0 Å². The van der Waals surface area contributed by atoms with Gasteiger partial charge in [-0.05, 0) is 31.9 Å². The molecule has 1 heterocycles. The zero-order valence-electron chi connectivity index (χ0n) is 12.2. The minimum absolute atomic E-state index is 0.229. The van der Waals surface area contributed by atoms with Crippen LogP contribution in [0, 0.1) is 5.92 Å². The van der Waals surface area contributed by atoms with Crippen molar-refractivity contribution >= 4 is 17.5 Å². The van der Waals surface area contributed by atoms with E-state index in [1.807, 2.05) is 19.9 Å². The Balaban J connectivity index is 3.15. The van der Waals surface area contributed by atoms with Gasteiger partial charge in [-0.15, -0.1) is 0 Å². The smallest absolute Gasteiger partial charge is 0.234 e. The van der Waals surface area contributed by atoms with Crippen LogP contribution in [0.1, 0.15) is 26.7 Å². The fraction of sp³-hybridized carbons (Fsp3) is 0.400. The number of aliphatic imine (C=N–C) groups is 1. The zero-order chi connectivity index (χ0) is 15.3. The molecule has 0 radical (unpaired) electrons. The summed E-state index contributed by atoms with van der Waals surface area (Å²) in [4.78, 5) is 27.3. The highest BCUT2D eigenvalue weighted by molar-refractivity contribution is 6.02. The maximum atomic E-state index is 12.0. The molecule has 108 valence electrons. The number of allylic oxidation sites excluding steroid dienone is 3. The van der Waals surface area contributed by atoms with E-state index in [2.05, 4.69) is 16.9 Å². The van der Waals surface area contributed by atoms with E-state index in [0.29, 0.717) is 12.8 Å². The summed E-state index contributed by atoms with van der Waals surface area (Å²) < 4.78 is 0. The molecule has 3 N–H and O–H groups in total. The topological polar surface area (TPSA) is 84.5 Å². The first-order chi connectivity index (χ1) is 9.40. The van der Waals surface area contributed by atoms with Crippen molar-refractivity contribution in [1.29, 1.82) is 0 Å². The number of nitrogens with one attached hydrogen (secondary N) is 1. The number of imide groups is 1. The summed E-state index contributed by atoms with van der Waals surface area (Å²) in [5.41, 5.74) is 8.70. The lowest BCUT2D eigenvalue weighted by Gasteiger charge is -2.24. The molecule has 0 saturated carbocycles. The van der Waals surface area contributed by atoms with Gasteiger partial charge in [-0.3, -0.25) is 19.9 Å². The van der Waals surface area contributed by atoms with Crippen molar-refractivity contribution in [1.82, 2.24) is 5.32 Å². The molecule has 1 fully saturated rings. The molecule has 0 spiro atoms. The molecule has 1 saturated heterocycles. The van der Waals surface area contributed by atoms with Crippen molar-refractivity contribution in [3.8, 4) is 0 Å². The van der Waals surface area contributed by atoms with Gasteiger partial charge in [0.1, 0.15) is 0 Å². The van der Waals surface area contributed by atoms with E-state index in [1.54, 1.807) is 7.05 Å². The first-order valence-electron chi connectivity index (χ1n) is 6.47. The van der Waals surface area contributed by atoms with Gasteiger partial charge in [-0.2, -0.15) is 0 Å². The van der Waals surface area contributed by atoms with Gasteiger partial charge in [0.2, 0.25) is 11.8 Å². The molecule has 1 unspecified atom stereocenters. The van der Waals surface area contributed by atoms with Gasteiger partial charge in [-0.25, -0.2) is 0 Å². The summed E-state index contributed by atoms with van der Waals surface area (Å²) in [6, 6.07) is 0. The van der Waals surface area contributed by atoms with Crippen molar-refractivity contribution < 1.29 is 9.59 Å². The summed E-state index contributed by atoms with van der Waals surface area (Å²) in [6.07, 6.45) is 4.11. The highest BCUT2D eigenvalue weighted by Crippen LogP contribution is 2.27. The number of carbonyl (C=O) groups is 2. The molecular formula is C15H21N3O2. The molecule has 1 atom stereocenters. The molecule has 0 aromatic carbocycles. The highest BCUT2D eigenvalue weighted by Gasteiger charge is 2.29. The fourth-order valence-corrected chi connectivity index (χ4v) is 2.08. The Morgan fingerprint density at radius 1 is 1.45 bits per heavy atom. The molecule has 20 heavy (non-hydrogen) atoms. The molecule has 0 aliphatic carbocycles. The summed E-state index contributed by atoms with van der Waals surface area (Å²) in [5, 5.41) is 2.36. The van der Waals surface area contributed by atoms with E-state index in [-0.39, 0.29) is 17.7 Å². The van der Waals surface area contributed by atoms with Gasteiger partial charge in [-0.1, -0.05) is 12.2 Å². The molecule has 1 rings (SSSR count). The van der Waals surface area contributed by atoms with E-state index in [1.165, 1.54) is 6.20 Å². The van der Waals surface area contributed by atoms with Crippen molar-refractivity contribution in [3.05, 3.63) is 35.6 Å². The average molecular weight is 275 g/mol. The molecule has 0 aromatic rings. The Labute approximate surface area is 119 Å². The number of hydrogen-bond donors (Lipinski definition) is 2. The standard InChI is InChI=1S/C15H21N3O2/c1-9(2)13(7-11(8-16)10(3)17-4)12-5-6-14(19)18-15(12)20/h7-8,12H,1,5-6,16H2,2-4H3,(H,18,19,20)/b11-8?,13-7+,17-10?. The zero-order valence-corrected chi connectivity index (χ0v) is 12.2. The van der Waals surface area contributed by atoms with Crippen molar-refractivity contribution in [2.75, 3.05) is 7.05 Å². The highest BCUT2D eigenvalue weighted by atomic mass is 16.2. The van der Waals surface area contributed by atoms with Crippen LogP contribution in [0.5, 0.6) is 0 Å². The number of nitrogens with zero attached hydrogens (tertiary/aromatic N) is 1. The Bertz CT molecular complexity index is 527. The van der Waals surface area contributed by atoms with Gasteiger partial charge >= 0.3 is 0 Å². The molecule has 1 aliphatic rings. The van der Waals surface area contributed by atoms with Crippen molar-refractivity contribution in [2.45, 2.75) is 26.7 Å². The first-order valence-corrected chi connectivity index (χ1v) is 6.47. The van der Waals surface area contributed by atoms with Crippen LogP contribution in [0.4, 0.5) is 0 Å². The van der Waals surface area contributed by atoms with Gasteiger partial charge in [0.25, 0.3) is 0 Å². The van der Waals surface area contributed by atoms with Gasteiger partial charge in [0, 0.05) is 31.0 Å². The molecule has 0 aromatic heterocycles. The molecule has 5 nitrogen and oxygen atoms in total. The summed E-state index contributed by atoms with van der Waals surface area (Å²) in [6.45, 7) is 7.59. The quantitative estimate of drug-likeness (QED) is 0.463. The van der Waals surface area contributed by atoms with E-state index in [9.17, 15) is 9.59 Å². The summed E-state index contributed by atoms with van der Waals surface area (Å²) in [5.74, 6) is -0.879. The Kier molecular flexibility index (Phi) is 5.43. The van der Waals surface area contributed by atoms with Crippen LogP contribution in [0.3, 0.4) is 0 Å². The molecule has 1 aliphatic heterocycles. The Morgan fingerprint density at radius 2 is 2.10 bits per heavy atom. The third kappa shape index (κ3) is 3.66. The third-order valence-electron chi connectivity index (χ3n) is 3.35. The minimum Gasteiger partial charge on any atom is -0.404 e. The van der Waals surface area contributed by atoms with Crippen LogP contribution < -0.4 is 11.1 Å². The lowest BCUT2D eigenvalue weighted by atomic mass is 9.85. The average Bonchev–Trinajstić information content (AvgIpc) is 2.40. The SMILES string of the molecule is C=C(C)/C(=C\C(=CN)C(C)=NC)C1CCC(=O)NC1=O. The van der Waals surface area contributed by atoms with E-state index in [4.69, 9.17) is 5.73 Å². The number of rotatable bonds is 4. The predicted molar refractivity (Wildman–Crippen MR) is 80.1 cm³/mol. The minimum atomic E-state index is -0.371. The maximum Gasteiger partial charge on any atom is 0.234 e. The lowest BCUT2D eigenvalue weighted by molar-refractivity contribution is -0.135. The van der Waals surface area contributed by atoms with Crippen LogP contribution in [0.15, 0.2) is 40.6 Å². The van der Waals surface area contributed by atoms with Gasteiger partial charge < -0.3 is 5.73 Å². The number of piperidine rings is 1. The van der Waals surface area contributed by atoms with Crippen LogP contribution in [-0.2, 0) is 9.59 Å². The number of nitrogens with two attached hydrogens (primary N) is 1. The fourth-order valence-electron chi connectivity index (χ4n) is 2.08. The largest absolute Gasteiger partial charge is 0.404 e. The second-order valence-corrected chi connectivity index (χ2v) is 4.81. The molecular weight excluding hydrogens is 254 g/mol. The normalized spacial score (nSPS) is 21.8. The Morgan fingerprint density at radius 3 is 2.55 bits per heavy atom. The van der Waals surface area contributed by atoms with Gasteiger partial charge in [0.15, 0.2) is 0 Å². The van der Waals surface area contributed by atoms with Crippen molar-refractivity contribution in [2.24, 2.45) is 16.6 Å². The Hall–Kier alpha value is -2.17. The number of carbonyl (C=O) groups excluding carboxylic acids is 2. The second-order valence-electron chi connectivity index (χ2n) is 4.81. The van der Waals surface area contributed by atoms with Gasteiger partial charge in [0.05, 0.1) is 5.92 Å². The lowest BCUT2D eigenvalue weighted by Crippen LogP contribution is -2.41. The molecule has 5 heteroatoms. The van der Waals surface area contributed by atoms with Crippen molar-refractivity contribution in [3.63, 3.8) is 0 Å². The van der Waals surface area contributed by atoms with E-state index in [0.717, 1.165) is 22.4 Å². The van der Waals surface area contributed by atoms with Crippen LogP contribution in [0.25, 0.3) is 0 Å². The number of hydrogen-bond acceptors (Lipinski definition) is 4. The third-order valence-corrected chi connectivity index (χ3v) is 3.35.